The summed E-state index contributed by atoms with van der Waals surface area (Å²) in [6.07, 6.45) is 1.16. The van der Waals surface area contributed by atoms with Crippen LogP contribution < -0.4 is 11.2 Å². The number of alkyl halides is 3. The molecule has 1 heterocycles. The first kappa shape index (κ1) is 26.5. The zero-order valence-corrected chi connectivity index (χ0v) is 19.2. The second kappa shape index (κ2) is 11.8. The molecule has 4 nitrogen and oxygen atoms in total. The Balaban J connectivity index is 0.000000592. The van der Waals surface area contributed by atoms with Gasteiger partial charge in [0.2, 0.25) is 0 Å². The van der Waals surface area contributed by atoms with E-state index in [4.69, 9.17) is 5.73 Å². The summed E-state index contributed by atoms with van der Waals surface area (Å²) in [5.41, 5.74) is 8.86. The highest BCUT2D eigenvalue weighted by atomic mass is 19.4. The molecule has 3 N–H and O–H groups in total. The number of aromatic nitrogens is 1. The molecule has 1 aromatic heterocycles. The number of amidine groups is 1. The van der Waals surface area contributed by atoms with Crippen LogP contribution in [0.5, 0.6) is 0 Å². The molecule has 0 bridgehead atoms. The van der Waals surface area contributed by atoms with E-state index in [1.807, 2.05) is 0 Å². The molecular formula is C23H34F4N4. The summed E-state index contributed by atoms with van der Waals surface area (Å²) in [6.45, 7) is 9.98. The summed E-state index contributed by atoms with van der Waals surface area (Å²) in [7, 11) is 1.53. The summed E-state index contributed by atoms with van der Waals surface area (Å²) >= 11 is 0. The van der Waals surface area contributed by atoms with E-state index < -0.39 is 17.6 Å². The number of hydrazone groups is 1. The first-order chi connectivity index (χ1) is 14.5. The molecule has 1 aromatic carbocycles. The smallest absolute Gasteiger partial charge is 0.380 e. The molecule has 0 saturated heterocycles. The van der Waals surface area contributed by atoms with Gasteiger partial charge >= 0.3 is 6.18 Å². The molecule has 0 amide bonds. The predicted molar refractivity (Wildman–Crippen MR) is 119 cm³/mol. The van der Waals surface area contributed by atoms with E-state index in [0.29, 0.717) is 11.1 Å². The molecule has 0 saturated carbocycles. The number of hydrogen-bond donors (Lipinski definition) is 2. The lowest BCUT2D eigenvalue weighted by Crippen LogP contribution is -2.22. The second-order valence-electron chi connectivity index (χ2n) is 7.75. The summed E-state index contributed by atoms with van der Waals surface area (Å²) < 4.78 is 54.3. The molecule has 1 atom stereocenters. The Morgan fingerprint density at radius 1 is 1.19 bits per heavy atom. The van der Waals surface area contributed by atoms with Gasteiger partial charge in [-0.15, -0.1) is 0 Å². The van der Waals surface area contributed by atoms with Crippen molar-refractivity contribution in [2.45, 2.75) is 66.6 Å². The van der Waals surface area contributed by atoms with Crippen LogP contribution >= 0.6 is 0 Å². The van der Waals surface area contributed by atoms with E-state index in [-0.39, 0.29) is 23.6 Å². The van der Waals surface area contributed by atoms with Gasteiger partial charge in [-0.2, -0.15) is 18.3 Å². The Hall–Kier alpha value is -2.51. The predicted octanol–water partition coefficient (Wildman–Crippen LogP) is 5.98. The molecule has 0 aliphatic heterocycles. The van der Waals surface area contributed by atoms with Crippen LogP contribution in [0.4, 0.5) is 17.6 Å². The fraction of sp³-hybridized carbons (Fsp3) is 0.522. The Labute approximate surface area is 182 Å². The summed E-state index contributed by atoms with van der Waals surface area (Å²) in [6, 6.07) is 3.81. The minimum atomic E-state index is -4.40. The van der Waals surface area contributed by atoms with Crippen LogP contribution in [-0.4, -0.2) is 17.5 Å². The lowest BCUT2D eigenvalue weighted by molar-refractivity contribution is -0.138. The van der Waals surface area contributed by atoms with Crippen LogP contribution in [0, 0.1) is 25.6 Å². The first-order valence-corrected chi connectivity index (χ1v) is 10.5. The molecule has 0 unspecified atom stereocenters. The van der Waals surface area contributed by atoms with Crippen molar-refractivity contribution < 1.29 is 17.6 Å². The fourth-order valence-electron chi connectivity index (χ4n) is 3.25. The molecule has 31 heavy (non-hydrogen) atoms. The molecule has 8 heteroatoms. The van der Waals surface area contributed by atoms with Gasteiger partial charge in [0, 0.05) is 19.8 Å². The van der Waals surface area contributed by atoms with Crippen LogP contribution in [0.25, 0.3) is 0 Å². The van der Waals surface area contributed by atoms with Crippen molar-refractivity contribution >= 4 is 5.84 Å². The van der Waals surface area contributed by atoms with Gasteiger partial charge in [-0.05, 0) is 48.6 Å². The van der Waals surface area contributed by atoms with E-state index in [2.05, 4.69) is 31.3 Å². The Morgan fingerprint density at radius 3 is 2.32 bits per heavy atom. The highest BCUT2D eigenvalue weighted by Crippen LogP contribution is 2.33. The Morgan fingerprint density at radius 2 is 1.84 bits per heavy atom. The number of nitrogens with zero attached hydrogens (tertiary/aromatic N) is 2. The second-order valence-corrected chi connectivity index (χ2v) is 7.75. The lowest BCUT2D eigenvalue weighted by atomic mass is 9.99. The zero-order valence-electron chi connectivity index (χ0n) is 19.2. The van der Waals surface area contributed by atoms with E-state index in [0.717, 1.165) is 12.0 Å². The van der Waals surface area contributed by atoms with Gasteiger partial charge in [-0.3, -0.25) is 0 Å². The van der Waals surface area contributed by atoms with E-state index in [9.17, 15) is 17.6 Å². The quantitative estimate of drug-likeness (QED) is 0.240. The third kappa shape index (κ3) is 7.60. The largest absolute Gasteiger partial charge is 0.416 e. The molecule has 2 aromatic rings. The van der Waals surface area contributed by atoms with Gasteiger partial charge in [0.05, 0.1) is 5.56 Å². The van der Waals surface area contributed by atoms with Crippen molar-refractivity contribution in [1.29, 1.82) is 0 Å². The first-order valence-electron chi connectivity index (χ1n) is 10.5. The van der Waals surface area contributed by atoms with Gasteiger partial charge in [0.15, 0.2) is 11.7 Å². The van der Waals surface area contributed by atoms with Crippen LogP contribution in [0.2, 0.25) is 0 Å². The average Bonchev–Trinajstić information content (AvgIpc) is 3.04. The lowest BCUT2D eigenvalue weighted by Gasteiger charge is -2.16. The van der Waals surface area contributed by atoms with Gasteiger partial charge < -0.3 is 15.7 Å². The third-order valence-corrected chi connectivity index (χ3v) is 5.20. The Kier molecular flexibility index (Phi) is 10.1. The van der Waals surface area contributed by atoms with Gasteiger partial charge in [-0.25, -0.2) is 4.39 Å². The molecule has 0 radical (unpaired) electrons. The molecule has 0 aliphatic rings. The zero-order chi connectivity index (χ0) is 23.8. The van der Waals surface area contributed by atoms with E-state index in [1.54, 1.807) is 6.92 Å². The number of nitrogens with two attached hydrogens (primary N) is 1. The summed E-state index contributed by atoms with van der Waals surface area (Å²) in [5.74, 6) is 0.360. The van der Waals surface area contributed by atoms with Gasteiger partial charge in [0.25, 0.3) is 0 Å². The minimum Gasteiger partial charge on any atom is -0.380 e. The van der Waals surface area contributed by atoms with Crippen molar-refractivity contribution in [1.82, 2.24) is 9.99 Å². The van der Waals surface area contributed by atoms with Gasteiger partial charge in [-0.1, -0.05) is 46.1 Å². The highest BCUT2D eigenvalue weighted by molar-refractivity contribution is 5.96. The van der Waals surface area contributed by atoms with Crippen molar-refractivity contribution in [3.8, 4) is 0 Å². The highest BCUT2D eigenvalue weighted by Gasteiger charge is 2.32. The number of halogens is 4. The van der Waals surface area contributed by atoms with E-state index >= 15 is 0 Å². The molecule has 0 aliphatic carbocycles. The third-order valence-electron chi connectivity index (χ3n) is 5.20. The maximum Gasteiger partial charge on any atom is 0.416 e. The van der Waals surface area contributed by atoms with Crippen molar-refractivity contribution in [2.75, 3.05) is 7.05 Å². The fourth-order valence-corrected chi connectivity index (χ4v) is 3.25. The SMILES string of the molecule is CCC[C@H](C)CC.CN/N=C(/N)c1c(F)ccn1Cc1cc(C)c(C(F)(F)F)cc1C. The normalized spacial score (nSPS) is 12.9. The summed E-state index contributed by atoms with van der Waals surface area (Å²) in [4.78, 5) is 0. The molecular weight excluding hydrogens is 408 g/mol. The van der Waals surface area contributed by atoms with Crippen molar-refractivity contribution in [3.63, 3.8) is 0 Å². The average molecular weight is 443 g/mol. The topological polar surface area (TPSA) is 55.3 Å². The maximum atomic E-state index is 13.9. The number of aryl methyl sites for hydroxylation is 2. The van der Waals surface area contributed by atoms with Crippen LogP contribution in [0.1, 0.15) is 68.0 Å². The van der Waals surface area contributed by atoms with Crippen molar-refractivity contribution in [3.05, 3.63) is 58.2 Å². The molecule has 2 rings (SSSR count). The molecule has 0 spiro atoms. The van der Waals surface area contributed by atoms with E-state index in [1.165, 1.54) is 56.1 Å². The number of benzene rings is 1. The minimum absolute atomic E-state index is 0.0405. The Bertz CT molecular complexity index is 869. The van der Waals surface area contributed by atoms with Crippen LogP contribution in [0.15, 0.2) is 29.5 Å². The standard InChI is InChI=1S/C16H18F4N4.C7H16/c1-9-7-12(16(18,19)20)10(2)6-11(9)8-24-5-4-13(17)14(24)15(21)23-22-3;1-4-6-7(3)5-2/h4-7,22H,8H2,1-3H3,(H2,21,23);7H,4-6H2,1-3H3/t;7-/m.1/s1. The summed E-state index contributed by atoms with van der Waals surface area (Å²) in [5, 5.41) is 3.75. The number of nitrogens with one attached hydrogen (secondary N) is 1. The monoisotopic (exact) mass is 442 g/mol. The van der Waals surface area contributed by atoms with Gasteiger partial charge in [0.1, 0.15) is 5.69 Å². The van der Waals surface area contributed by atoms with Crippen molar-refractivity contribution in [2.24, 2.45) is 16.8 Å². The number of hydrogen-bond acceptors (Lipinski definition) is 2. The maximum absolute atomic E-state index is 13.9. The molecule has 0 fully saturated rings. The number of rotatable bonds is 7. The van der Waals surface area contributed by atoms with Crippen LogP contribution in [-0.2, 0) is 12.7 Å². The molecule has 174 valence electrons. The van der Waals surface area contributed by atoms with Crippen LogP contribution in [0.3, 0.4) is 0 Å².